The summed E-state index contributed by atoms with van der Waals surface area (Å²) >= 11 is 0. The Kier molecular flexibility index (Phi) is 2.64. The Balaban J connectivity index is 2.16. The molecule has 0 spiro atoms. The fraction of sp³-hybridized carbons (Fsp3) is 0.158. The normalized spacial score (nSPS) is 20.9. The molecule has 4 rings (SSSR count). The first-order valence-corrected chi connectivity index (χ1v) is 7.16. The molecule has 0 aliphatic heterocycles. The second-order valence-electron chi connectivity index (χ2n) is 5.70. The summed E-state index contributed by atoms with van der Waals surface area (Å²) in [5, 5.41) is 24.8. The summed E-state index contributed by atoms with van der Waals surface area (Å²) in [6.45, 7) is 2.11. The highest BCUT2D eigenvalue weighted by Crippen LogP contribution is 2.37. The van der Waals surface area contributed by atoms with Gasteiger partial charge in [0, 0.05) is 0 Å². The smallest absolute Gasteiger partial charge is 0.109 e. The molecule has 3 aromatic carbocycles. The van der Waals surface area contributed by atoms with Gasteiger partial charge in [0.15, 0.2) is 0 Å². The number of hydrogen-bond donors (Lipinski definition) is 2. The SMILES string of the molecule is Cc1cc2c3c(ccc2c2ccccc12)[C@@H](O)[C@H](O)C=C3. The van der Waals surface area contributed by atoms with Gasteiger partial charge in [0.25, 0.3) is 0 Å². The van der Waals surface area contributed by atoms with Gasteiger partial charge in [-0.2, -0.15) is 0 Å². The van der Waals surface area contributed by atoms with E-state index in [1.807, 2.05) is 18.2 Å². The molecule has 2 N–H and O–H groups in total. The summed E-state index contributed by atoms with van der Waals surface area (Å²) in [5.74, 6) is 0. The van der Waals surface area contributed by atoms with Crippen LogP contribution in [0.2, 0.25) is 0 Å². The largest absolute Gasteiger partial charge is 0.386 e. The van der Waals surface area contributed by atoms with Gasteiger partial charge in [-0.05, 0) is 45.2 Å². The minimum absolute atomic E-state index is 0.798. The van der Waals surface area contributed by atoms with Crippen LogP contribution in [0.5, 0.6) is 0 Å². The molecule has 2 atom stereocenters. The maximum atomic E-state index is 10.2. The first-order chi connectivity index (χ1) is 10.2. The van der Waals surface area contributed by atoms with Gasteiger partial charge in [-0.25, -0.2) is 0 Å². The highest BCUT2D eigenvalue weighted by atomic mass is 16.3. The second-order valence-corrected chi connectivity index (χ2v) is 5.70. The first kappa shape index (κ1) is 12.6. The minimum Gasteiger partial charge on any atom is -0.386 e. The van der Waals surface area contributed by atoms with Crippen LogP contribution in [0.1, 0.15) is 22.8 Å². The highest BCUT2D eigenvalue weighted by molar-refractivity contribution is 6.11. The molecule has 0 unspecified atom stereocenters. The van der Waals surface area contributed by atoms with E-state index in [9.17, 15) is 10.2 Å². The predicted molar refractivity (Wildman–Crippen MR) is 86.2 cm³/mol. The van der Waals surface area contributed by atoms with Crippen molar-refractivity contribution in [3.05, 3.63) is 65.2 Å². The van der Waals surface area contributed by atoms with Crippen molar-refractivity contribution < 1.29 is 10.2 Å². The standard InChI is InChI=1S/C19H16O2/c1-11-10-17-14(13-5-3-2-4-12(11)13)6-7-16-15(17)8-9-18(20)19(16)21/h2-10,18-21H,1H3/t18-,19-/m1/s1. The maximum absolute atomic E-state index is 10.2. The lowest BCUT2D eigenvalue weighted by Crippen LogP contribution is -2.19. The Morgan fingerprint density at radius 1 is 0.857 bits per heavy atom. The first-order valence-electron chi connectivity index (χ1n) is 7.16. The van der Waals surface area contributed by atoms with Gasteiger partial charge in [0.2, 0.25) is 0 Å². The van der Waals surface area contributed by atoms with Crippen molar-refractivity contribution in [3.63, 3.8) is 0 Å². The summed E-state index contributed by atoms with van der Waals surface area (Å²) in [6, 6.07) is 14.5. The predicted octanol–water partition coefficient (Wildman–Crippen LogP) is 3.72. The van der Waals surface area contributed by atoms with Crippen molar-refractivity contribution in [3.8, 4) is 0 Å². The number of aliphatic hydroxyl groups is 2. The molecule has 2 heteroatoms. The molecule has 2 nitrogen and oxygen atoms in total. The Hall–Kier alpha value is -2.16. The Labute approximate surface area is 123 Å². The molecule has 0 amide bonds. The van der Waals surface area contributed by atoms with Crippen molar-refractivity contribution >= 4 is 27.6 Å². The Morgan fingerprint density at radius 3 is 2.38 bits per heavy atom. The molecule has 21 heavy (non-hydrogen) atoms. The zero-order valence-electron chi connectivity index (χ0n) is 11.7. The van der Waals surface area contributed by atoms with Crippen molar-refractivity contribution in [2.24, 2.45) is 0 Å². The number of aliphatic hydroxyl groups excluding tert-OH is 2. The molecular weight excluding hydrogens is 260 g/mol. The third kappa shape index (κ3) is 1.73. The van der Waals surface area contributed by atoms with Gasteiger partial charge in [-0.1, -0.05) is 54.6 Å². The topological polar surface area (TPSA) is 40.5 Å². The Morgan fingerprint density at radius 2 is 1.57 bits per heavy atom. The van der Waals surface area contributed by atoms with Gasteiger partial charge >= 0.3 is 0 Å². The molecule has 0 aromatic heterocycles. The third-order valence-electron chi connectivity index (χ3n) is 4.43. The molecule has 0 radical (unpaired) electrons. The maximum Gasteiger partial charge on any atom is 0.109 e. The van der Waals surface area contributed by atoms with Gasteiger partial charge in [0.1, 0.15) is 12.2 Å². The lowest BCUT2D eigenvalue weighted by Gasteiger charge is -2.23. The van der Waals surface area contributed by atoms with Crippen LogP contribution in [0.15, 0.2) is 48.5 Å². The van der Waals surface area contributed by atoms with E-state index < -0.39 is 12.2 Å². The molecule has 1 aliphatic rings. The van der Waals surface area contributed by atoms with E-state index in [1.54, 1.807) is 6.08 Å². The molecule has 3 aromatic rings. The molecule has 104 valence electrons. The van der Waals surface area contributed by atoms with Gasteiger partial charge < -0.3 is 10.2 Å². The van der Waals surface area contributed by atoms with Crippen LogP contribution in [-0.2, 0) is 0 Å². The van der Waals surface area contributed by atoms with E-state index in [2.05, 4.69) is 37.3 Å². The van der Waals surface area contributed by atoms with Crippen molar-refractivity contribution in [2.45, 2.75) is 19.1 Å². The molecular formula is C19H16O2. The summed E-state index contributed by atoms with van der Waals surface area (Å²) in [6.07, 6.45) is 1.91. The highest BCUT2D eigenvalue weighted by Gasteiger charge is 2.23. The number of fused-ring (bicyclic) bond motifs is 5. The summed E-state index contributed by atoms with van der Waals surface area (Å²) in [5.41, 5.74) is 3.03. The van der Waals surface area contributed by atoms with E-state index in [1.165, 1.54) is 21.7 Å². The van der Waals surface area contributed by atoms with Crippen LogP contribution >= 0.6 is 0 Å². The van der Waals surface area contributed by atoms with Crippen LogP contribution < -0.4 is 0 Å². The fourth-order valence-electron chi connectivity index (χ4n) is 3.33. The zero-order valence-corrected chi connectivity index (χ0v) is 11.7. The van der Waals surface area contributed by atoms with E-state index >= 15 is 0 Å². The van der Waals surface area contributed by atoms with Crippen LogP contribution in [0.3, 0.4) is 0 Å². The molecule has 0 saturated carbocycles. The molecule has 0 heterocycles. The van der Waals surface area contributed by atoms with Crippen LogP contribution in [0.4, 0.5) is 0 Å². The minimum atomic E-state index is -0.846. The van der Waals surface area contributed by atoms with Crippen molar-refractivity contribution in [1.82, 2.24) is 0 Å². The molecule has 1 aliphatic carbocycles. The lowest BCUT2D eigenvalue weighted by molar-refractivity contribution is 0.0471. The van der Waals surface area contributed by atoms with Crippen molar-refractivity contribution in [1.29, 1.82) is 0 Å². The van der Waals surface area contributed by atoms with E-state index in [0.29, 0.717) is 0 Å². The third-order valence-corrected chi connectivity index (χ3v) is 4.43. The van der Waals surface area contributed by atoms with Crippen LogP contribution in [-0.4, -0.2) is 16.3 Å². The number of rotatable bonds is 0. The second kappa shape index (κ2) is 4.42. The number of aryl methyl sites for hydroxylation is 1. The fourth-order valence-corrected chi connectivity index (χ4v) is 3.33. The molecule has 0 saturated heterocycles. The summed E-state index contributed by atoms with van der Waals surface area (Å²) in [7, 11) is 0. The zero-order chi connectivity index (χ0) is 14.6. The van der Waals surface area contributed by atoms with E-state index in [0.717, 1.165) is 16.5 Å². The monoisotopic (exact) mass is 276 g/mol. The lowest BCUT2D eigenvalue weighted by atomic mass is 9.86. The average Bonchev–Trinajstić information content (AvgIpc) is 2.51. The van der Waals surface area contributed by atoms with E-state index in [4.69, 9.17) is 0 Å². The quantitative estimate of drug-likeness (QED) is 0.614. The molecule has 0 bridgehead atoms. The summed E-state index contributed by atoms with van der Waals surface area (Å²) in [4.78, 5) is 0. The van der Waals surface area contributed by atoms with E-state index in [-0.39, 0.29) is 0 Å². The number of hydrogen-bond acceptors (Lipinski definition) is 2. The van der Waals surface area contributed by atoms with Gasteiger partial charge in [-0.15, -0.1) is 0 Å². The van der Waals surface area contributed by atoms with Crippen molar-refractivity contribution in [2.75, 3.05) is 0 Å². The molecule has 0 fully saturated rings. The van der Waals surface area contributed by atoms with Crippen LogP contribution in [0.25, 0.3) is 27.6 Å². The average molecular weight is 276 g/mol. The number of benzene rings is 3. The Bertz CT molecular complexity index is 893. The van der Waals surface area contributed by atoms with Crippen LogP contribution in [0, 0.1) is 6.92 Å². The summed E-state index contributed by atoms with van der Waals surface area (Å²) < 4.78 is 0. The van der Waals surface area contributed by atoms with Gasteiger partial charge in [0.05, 0.1) is 0 Å². The van der Waals surface area contributed by atoms with Gasteiger partial charge in [-0.3, -0.25) is 0 Å².